The minimum atomic E-state index is 0.724. The smallest absolute Gasteiger partial charge is 0.0363 e. The van der Waals surface area contributed by atoms with Crippen LogP contribution in [0, 0.1) is 0 Å². The Kier molecular flexibility index (Phi) is 6.34. The largest absolute Gasteiger partial charge is 0.375 e. The average Bonchev–Trinajstić information content (AvgIpc) is 2.69. The highest BCUT2D eigenvalue weighted by atomic mass is 15.1. The molecule has 1 aromatic carbocycles. The van der Waals surface area contributed by atoms with Crippen LogP contribution in [0.25, 0.3) is 0 Å². The van der Waals surface area contributed by atoms with Crippen molar-refractivity contribution in [3.63, 3.8) is 0 Å². The van der Waals surface area contributed by atoms with E-state index in [9.17, 15) is 0 Å². The predicted molar refractivity (Wildman–Crippen MR) is 87.5 cm³/mol. The van der Waals surface area contributed by atoms with Crippen LogP contribution in [0.3, 0.4) is 0 Å². The number of para-hydroxylation sites is 1. The molecule has 1 aliphatic rings. The molecule has 0 saturated carbocycles. The molecule has 1 saturated heterocycles. The van der Waals surface area contributed by atoms with Gasteiger partial charge in [0, 0.05) is 25.3 Å². The van der Waals surface area contributed by atoms with Gasteiger partial charge in [-0.25, -0.2) is 0 Å². The monoisotopic (exact) mass is 275 g/mol. The number of anilines is 1. The van der Waals surface area contributed by atoms with Crippen LogP contribution in [0.15, 0.2) is 30.3 Å². The summed E-state index contributed by atoms with van der Waals surface area (Å²) in [5.74, 6) is 0. The minimum Gasteiger partial charge on any atom is -0.375 e. The van der Waals surface area contributed by atoms with Gasteiger partial charge in [-0.15, -0.1) is 0 Å². The first-order valence-corrected chi connectivity index (χ1v) is 7.94. The van der Waals surface area contributed by atoms with Gasteiger partial charge >= 0.3 is 0 Å². The van der Waals surface area contributed by atoms with Gasteiger partial charge in [0.25, 0.3) is 0 Å². The molecule has 1 atom stereocenters. The summed E-state index contributed by atoms with van der Waals surface area (Å²) in [5, 5.41) is 3.74. The van der Waals surface area contributed by atoms with Crippen molar-refractivity contribution in [3.05, 3.63) is 30.3 Å². The number of nitrogens with zero attached hydrogens (tertiary/aromatic N) is 2. The van der Waals surface area contributed by atoms with Gasteiger partial charge in [0.05, 0.1) is 0 Å². The molecular weight excluding hydrogens is 246 g/mol. The quantitative estimate of drug-likeness (QED) is 0.805. The summed E-state index contributed by atoms with van der Waals surface area (Å²) in [6.07, 6.45) is 5.17. The fourth-order valence-electron chi connectivity index (χ4n) is 2.88. The summed E-state index contributed by atoms with van der Waals surface area (Å²) in [6, 6.07) is 11.4. The average molecular weight is 275 g/mol. The van der Waals surface area contributed by atoms with Gasteiger partial charge in [0.1, 0.15) is 0 Å². The number of rotatable bonds is 6. The first kappa shape index (κ1) is 15.3. The number of benzene rings is 1. The normalized spacial score (nSPS) is 20.6. The molecule has 3 heteroatoms. The van der Waals surface area contributed by atoms with Crippen LogP contribution in [0.1, 0.15) is 25.7 Å². The highest BCUT2D eigenvalue weighted by Crippen LogP contribution is 2.12. The summed E-state index contributed by atoms with van der Waals surface area (Å²) < 4.78 is 0. The zero-order valence-electron chi connectivity index (χ0n) is 13.0. The molecule has 0 aromatic heterocycles. The molecule has 1 unspecified atom stereocenters. The van der Waals surface area contributed by atoms with Gasteiger partial charge in [0.15, 0.2) is 0 Å². The van der Waals surface area contributed by atoms with Crippen molar-refractivity contribution in [2.24, 2.45) is 0 Å². The van der Waals surface area contributed by atoms with Crippen molar-refractivity contribution in [2.75, 3.05) is 45.2 Å². The van der Waals surface area contributed by atoms with Crippen molar-refractivity contribution >= 4 is 5.69 Å². The number of likely N-dealkylation sites (tertiary alicyclic amines) is 1. The highest BCUT2D eigenvalue weighted by molar-refractivity contribution is 5.44. The molecule has 1 aromatic rings. The van der Waals surface area contributed by atoms with E-state index < -0.39 is 0 Å². The van der Waals surface area contributed by atoms with E-state index in [1.165, 1.54) is 44.5 Å². The van der Waals surface area contributed by atoms with E-state index in [2.05, 4.69) is 59.5 Å². The molecule has 112 valence electrons. The molecule has 0 spiro atoms. The van der Waals surface area contributed by atoms with E-state index in [-0.39, 0.29) is 0 Å². The molecule has 3 nitrogen and oxygen atoms in total. The van der Waals surface area contributed by atoms with Crippen molar-refractivity contribution in [3.8, 4) is 0 Å². The molecule has 1 fully saturated rings. The molecule has 1 aliphatic heterocycles. The summed E-state index contributed by atoms with van der Waals surface area (Å²) in [5.41, 5.74) is 1.31. The van der Waals surface area contributed by atoms with E-state index in [1.807, 2.05) is 0 Å². The topological polar surface area (TPSA) is 18.5 Å². The van der Waals surface area contributed by atoms with E-state index in [4.69, 9.17) is 0 Å². The highest BCUT2D eigenvalue weighted by Gasteiger charge is 2.13. The lowest BCUT2D eigenvalue weighted by molar-refractivity contribution is 0.343. The van der Waals surface area contributed by atoms with Crippen molar-refractivity contribution < 1.29 is 0 Å². The zero-order valence-corrected chi connectivity index (χ0v) is 13.0. The molecule has 0 radical (unpaired) electrons. The van der Waals surface area contributed by atoms with Crippen molar-refractivity contribution in [1.29, 1.82) is 0 Å². The van der Waals surface area contributed by atoms with Crippen LogP contribution in [-0.2, 0) is 0 Å². The Labute approximate surface area is 124 Å². The Hall–Kier alpha value is -1.06. The molecule has 1 N–H and O–H groups in total. The third kappa shape index (κ3) is 5.14. The Morgan fingerprint density at radius 3 is 2.80 bits per heavy atom. The molecule has 20 heavy (non-hydrogen) atoms. The van der Waals surface area contributed by atoms with Gasteiger partial charge in [-0.1, -0.05) is 18.2 Å². The van der Waals surface area contributed by atoms with Crippen molar-refractivity contribution in [1.82, 2.24) is 10.2 Å². The van der Waals surface area contributed by atoms with Gasteiger partial charge < -0.3 is 15.1 Å². The summed E-state index contributed by atoms with van der Waals surface area (Å²) in [6.45, 7) is 4.74. The number of hydrogen-bond donors (Lipinski definition) is 1. The SMILES string of the molecule is CN1CCCC(NCCCN(C)c2ccccc2)CC1. The fraction of sp³-hybridized carbons (Fsp3) is 0.647. The second-order valence-electron chi connectivity index (χ2n) is 6.00. The van der Waals surface area contributed by atoms with Crippen LogP contribution in [-0.4, -0.2) is 51.2 Å². The van der Waals surface area contributed by atoms with Crippen molar-refractivity contribution in [2.45, 2.75) is 31.7 Å². The fourth-order valence-corrected chi connectivity index (χ4v) is 2.88. The first-order chi connectivity index (χ1) is 9.75. The summed E-state index contributed by atoms with van der Waals surface area (Å²) in [7, 11) is 4.41. The van der Waals surface area contributed by atoms with Crippen LogP contribution >= 0.6 is 0 Å². The number of nitrogens with one attached hydrogen (secondary N) is 1. The van der Waals surface area contributed by atoms with Crippen LogP contribution in [0.5, 0.6) is 0 Å². The summed E-state index contributed by atoms with van der Waals surface area (Å²) in [4.78, 5) is 4.79. The third-order valence-corrected chi connectivity index (χ3v) is 4.25. The van der Waals surface area contributed by atoms with Gasteiger partial charge in [-0.2, -0.15) is 0 Å². The maximum atomic E-state index is 3.74. The van der Waals surface area contributed by atoms with E-state index in [0.717, 1.165) is 19.1 Å². The third-order valence-electron chi connectivity index (χ3n) is 4.25. The van der Waals surface area contributed by atoms with Gasteiger partial charge in [0.2, 0.25) is 0 Å². The molecular formula is C17H29N3. The Morgan fingerprint density at radius 1 is 1.20 bits per heavy atom. The lowest BCUT2D eigenvalue weighted by Crippen LogP contribution is -2.32. The first-order valence-electron chi connectivity index (χ1n) is 7.94. The molecule has 1 heterocycles. The summed E-state index contributed by atoms with van der Waals surface area (Å²) >= 11 is 0. The minimum absolute atomic E-state index is 0.724. The zero-order chi connectivity index (χ0) is 14.2. The van der Waals surface area contributed by atoms with Gasteiger partial charge in [-0.05, 0) is 64.5 Å². The molecule has 0 amide bonds. The maximum Gasteiger partial charge on any atom is 0.0363 e. The lowest BCUT2D eigenvalue weighted by atomic mass is 10.1. The molecule has 2 rings (SSSR count). The number of hydrogen-bond acceptors (Lipinski definition) is 3. The second kappa shape index (κ2) is 8.28. The second-order valence-corrected chi connectivity index (χ2v) is 6.00. The Balaban J connectivity index is 1.61. The van der Waals surface area contributed by atoms with Crippen LogP contribution < -0.4 is 10.2 Å². The van der Waals surface area contributed by atoms with E-state index in [0.29, 0.717) is 0 Å². The Morgan fingerprint density at radius 2 is 2.00 bits per heavy atom. The van der Waals surface area contributed by atoms with Crippen LogP contribution in [0.2, 0.25) is 0 Å². The standard InChI is InChI=1S/C17H29N3/c1-19-13-6-8-16(11-15-19)18-12-7-14-20(2)17-9-4-3-5-10-17/h3-5,9-10,16,18H,6-8,11-15H2,1-2H3. The van der Waals surface area contributed by atoms with Crippen LogP contribution in [0.4, 0.5) is 5.69 Å². The van der Waals surface area contributed by atoms with E-state index >= 15 is 0 Å². The van der Waals surface area contributed by atoms with E-state index in [1.54, 1.807) is 0 Å². The lowest BCUT2D eigenvalue weighted by Gasteiger charge is -2.21. The predicted octanol–water partition coefficient (Wildman–Crippen LogP) is 2.59. The Bertz CT molecular complexity index is 366. The maximum absolute atomic E-state index is 3.74. The molecule has 0 bridgehead atoms. The van der Waals surface area contributed by atoms with Gasteiger partial charge in [-0.3, -0.25) is 0 Å². The molecule has 0 aliphatic carbocycles.